The van der Waals surface area contributed by atoms with Crippen molar-refractivity contribution < 1.29 is 9.59 Å². The molecule has 2 aromatic carbocycles. The van der Waals surface area contributed by atoms with Gasteiger partial charge in [-0.3, -0.25) is 9.59 Å². The average Bonchev–Trinajstić information content (AvgIpc) is 3.03. The first kappa shape index (κ1) is 16.8. The van der Waals surface area contributed by atoms with E-state index in [1.54, 1.807) is 12.1 Å². The van der Waals surface area contributed by atoms with E-state index in [0.717, 1.165) is 17.5 Å². The van der Waals surface area contributed by atoms with Gasteiger partial charge in [0.15, 0.2) is 0 Å². The highest BCUT2D eigenvalue weighted by Crippen LogP contribution is 2.17. The number of aromatic nitrogens is 1. The van der Waals surface area contributed by atoms with Crippen LogP contribution in [0.25, 0.3) is 10.9 Å². The normalized spacial score (nSPS) is 10.6. The van der Waals surface area contributed by atoms with Crippen LogP contribution in [0.3, 0.4) is 0 Å². The maximum Gasteiger partial charge on any atom is 0.251 e. The third-order valence-electron chi connectivity index (χ3n) is 4.11. The molecule has 0 bridgehead atoms. The molecule has 3 N–H and O–H groups in total. The SMILES string of the molecule is CC(=O)NCc1ccc(C(=O)NCCc2c[nH]c3ccccc23)cc1. The van der Waals surface area contributed by atoms with Crippen molar-refractivity contribution in [1.29, 1.82) is 0 Å². The number of benzene rings is 2. The van der Waals surface area contributed by atoms with Gasteiger partial charge in [-0.05, 0) is 35.7 Å². The van der Waals surface area contributed by atoms with Crippen LogP contribution in [0.15, 0.2) is 54.7 Å². The highest BCUT2D eigenvalue weighted by atomic mass is 16.2. The van der Waals surface area contributed by atoms with E-state index in [-0.39, 0.29) is 11.8 Å². The Balaban J connectivity index is 1.53. The Morgan fingerprint density at radius 3 is 2.52 bits per heavy atom. The predicted octanol–water partition coefficient (Wildman–Crippen LogP) is 2.78. The highest BCUT2D eigenvalue weighted by Gasteiger charge is 2.07. The van der Waals surface area contributed by atoms with Crippen LogP contribution in [0.5, 0.6) is 0 Å². The fourth-order valence-electron chi connectivity index (χ4n) is 2.75. The van der Waals surface area contributed by atoms with Crippen molar-refractivity contribution in [1.82, 2.24) is 15.6 Å². The second-order valence-electron chi connectivity index (χ2n) is 5.97. The Morgan fingerprint density at radius 1 is 1.00 bits per heavy atom. The molecule has 0 fully saturated rings. The summed E-state index contributed by atoms with van der Waals surface area (Å²) in [5, 5.41) is 6.88. The van der Waals surface area contributed by atoms with Gasteiger partial charge in [0.2, 0.25) is 5.91 Å². The zero-order valence-electron chi connectivity index (χ0n) is 14.1. The summed E-state index contributed by atoms with van der Waals surface area (Å²) in [7, 11) is 0. The van der Waals surface area contributed by atoms with Crippen molar-refractivity contribution in [2.75, 3.05) is 6.54 Å². The molecule has 0 saturated carbocycles. The average molecular weight is 335 g/mol. The molecule has 0 unspecified atom stereocenters. The second-order valence-corrected chi connectivity index (χ2v) is 5.97. The largest absolute Gasteiger partial charge is 0.361 e. The van der Waals surface area contributed by atoms with Crippen LogP contribution in [-0.4, -0.2) is 23.3 Å². The number of nitrogens with one attached hydrogen (secondary N) is 3. The van der Waals surface area contributed by atoms with Gasteiger partial charge in [0.25, 0.3) is 5.91 Å². The quantitative estimate of drug-likeness (QED) is 0.648. The number of rotatable bonds is 6. The summed E-state index contributed by atoms with van der Waals surface area (Å²) in [5.74, 6) is -0.162. The van der Waals surface area contributed by atoms with E-state index >= 15 is 0 Å². The molecule has 0 radical (unpaired) electrons. The number of hydrogen-bond donors (Lipinski definition) is 3. The van der Waals surface area contributed by atoms with Gasteiger partial charge in [-0.25, -0.2) is 0 Å². The van der Waals surface area contributed by atoms with Gasteiger partial charge in [0.05, 0.1) is 0 Å². The van der Waals surface area contributed by atoms with Gasteiger partial charge >= 0.3 is 0 Å². The first-order valence-electron chi connectivity index (χ1n) is 8.30. The van der Waals surface area contributed by atoms with Gasteiger partial charge in [-0.2, -0.15) is 0 Å². The summed E-state index contributed by atoms with van der Waals surface area (Å²) >= 11 is 0. The van der Waals surface area contributed by atoms with Gasteiger partial charge in [0, 0.05) is 42.7 Å². The molecule has 1 aromatic heterocycles. The van der Waals surface area contributed by atoms with Gasteiger partial charge in [-0.1, -0.05) is 30.3 Å². The lowest BCUT2D eigenvalue weighted by atomic mass is 10.1. The molecule has 3 aromatic rings. The van der Waals surface area contributed by atoms with Crippen LogP contribution in [-0.2, 0) is 17.8 Å². The number of fused-ring (bicyclic) bond motifs is 1. The molecular weight excluding hydrogens is 314 g/mol. The van der Waals surface area contributed by atoms with Crippen LogP contribution in [0.4, 0.5) is 0 Å². The molecule has 0 atom stereocenters. The zero-order valence-corrected chi connectivity index (χ0v) is 14.1. The van der Waals surface area contributed by atoms with Crippen molar-refractivity contribution in [2.45, 2.75) is 19.9 Å². The van der Waals surface area contributed by atoms with E-state index in [9.17, 15) is 9.59 Å². The molecule has 25 heavy (non-hydrogen) atoms. The highest BCUT2D eigenvalue weighted by molar-refractivity contribution is 5.94. The fourth-order valence-corrected chi connectivity index (χ4v) is 2.75. The Hall–Kier alpha value is -3.08. The summed E-state index contributed by atoms with van der Waals surface area (Å²) < 4.78 is 0. The fraction of sp³-hybridized carbons (Fsp3) is 0.200. The summed E-state index contributed by atoms with van der Waals surface area (Å²) in [4.78, 5) is 26.4. The molecule has 2 amide bonds. The minimum absolute atomic E-state index is 0.0703. The van der Waals surface area contributed by atoms with Gasteiger partial charge in [-0.15, -0.1) is 0 Å². The minimum atomic E-state index is -0.0917. The number of H-pyrrole nitrogens is 1. The first-order chi connectivity index (χ1) is 12.1. The van der Waals surface area contributed by atoms with E-state index in [2.05, 4.69) is 21.7 Å². The third-order valence-corrected chi connectivity index (χ3v) is 4.11. The smallest absolute Gasteiger partial charge is 0.251 e. The molecule has 128 valence electrons. The molecule has 1 heterocycles. The molecule has 0 aliphatic carbocycles. The van der Waals surface area contributed by atoms with Gasteiger partial charge < -0.3 is 15.6 Å². The van der Waals surface area contributed by atoms with Crippen molar-refractivity contribution in [3.05, 3.63) is 71.4 Å². The summed E-state index contributed by atoms with van der Waals surface area (Å²) in [6, 6.07) is 15.4. The molecular formula is C20H21N3O2. The molecule has 0 aliphatic heterocycles. The number of carbonyl (C=O) groups is 2. The third kappa shape index (κ3) is 4.26. The summed E-state index contributed by atoms with van der Waals surface area (Å²) in [6.45, 7) is 2.53. The lowest BCUT2D eigenvalue weighted by Gasteiger charge is -2.07. The number of para-hydroxylation sites is 1. The summed E-state index contributed by atoms with van der Waals surface area (Å²) in [5.41, 5.74) is 3.89. The number of hydrogen-bond acceptors (Lipinski definition) is 2. The van der Waals surface area contributed by atoms with Crippen LogP contribution in [0, 0.1) is 0 Å². The maximum absolute atomic E-state index is 12.2. The molecule has 0 saturated heterocycles. The topological polar surface area (TPSA) is 74.0 Å². The van der Waals surface area contributed by atoms with Crippen LogP contribution in [0.2, 0.25) is 0 Å². The monoisotopic (exact) mass is 335 g/mol. The van der Waals surface area contributed by atoms with Crippen molar-refractivity contribution in [3.63, 3.8) is 0 Å². The Bertz CT molecular complexity index is 881. The van der Waals surface area contributed by atoms with Crippen LogP contribution < -0.4 is 10.6 Å². The predicted molar refractivity (Wildman–Crippen MR) is 98.3 cm³/mol. The van der Waals surface area contributed by atoms with E-state index in [1.165, 1.54) is 17.9 Å². The van der Waals surface area contributed by atoms with E-state index in [4.69, 9.17) is 0 Å². The second kappa shape index (κ2) is 7.66. The number of amides is 2. The zero-order chi connectivity index (χ0) is 17.6. The molecule has 5 heteroatoms. The maximum atomic E-state index is 12.2. The van der Waals surface area contributed by atoms with Crippen LogP contribution in [0.1, 0.15) is 28.4 Å². The van der Waals surface area contributed by atoms with E-state index in [0.29, 0.717) is 18.7 Å². The Morgan fingerprint density at radius 2 is 1.76 bits per heavy atom. The van der Waals surface area contributed by atoms with Crippen LogP contribution >= 0.6 is 0 Å². The van der Waals surface area contributed by atoms with E-state index < -0.39 is 0 Å². The molecule has 0 spiro atoms. The van der Waals surface area contributed by atoms with Crippen molar-refractivity contribution in [2.24, 2.45) is 0 Å². The molecule has 0 aliphatic rings. The Kier molecular flexibility index (Phi) is 5.14. The molecule has 5 nitrogen and oxygen atoms in total. The number of aromatic amines is 1. The van der Waals surface area contributed by atoms with Crippen molar-refractivity contribution >= 4 is 22.7 Å². The lowest BCUT2D eigenvalue weighted by Crippen LogP contribution is -2.25. The minimum Gasteiger partial charge on any atom is -0.361 e. The first-order valence-corrected chi connectivity index (χ1v) is 8.30. The van der Waals surface area contributed by atoms with Gasteiger partial charge in [0.1, 0.15) is 0 Å². The lowest BCUT2D eigenvalue weighted by molar-refractivity contribution is -0.119. The standard InChI is InChI=1S/C20H21N3O2/c1-14(24)22-12-15-6-8-16(9-7-15)20(25)21-11-10-17-13-23-19-5-3-2-4-18(17)19/h2-9,13,23H,10-12H2,1H3,(H,21,25)(H,22,24). The summed E-state index contributed by atoms with van der Waals surface area (Å²) in [6.07, 6.45) is 2.77. The van der Waals surface area contributed by atoms with E-state index in [1.807, 2.05) is 36.5 Å². The van der Waals surface area contributed by atoms with Crippen molar-refractivity contribution in [3.8, 4) is 0 Å². The Labute approximate surface area is 146 Å². The number of carbonyl (C=O) groups excluding carboxylic acids is 2. The molecule has 3 rings (SSSR count).